The highest BCUT2D eigenvalue weighted by Gasteiger charge is 2.45. The largest absolute Gasteiger partial charge is 0.394 e. The number of hydrogen-bond donors (Lipinski definition) is 3. The molecule has 1 saturated heterocycles. The molecule has 0 radical (unpaired) electrons. The maximum Gasteiger partial charge on any atom is 0.330 e. The summed E-state index contributed by atoms with van der Waals surface area (Å²) in [6.07, 6.45) is -4.69. The number of alkyl halides is 1. The minimum atomic E-state index is -1.86. The molecular formula is C9H10FIN2O5. The van der Waals surface area contributed by atoms with E-state index in [-0.39, 0.29) is 3.57 Å². The lowest BCUT2D eigenvalue weighted by Gasteiger charge is -2.15. The molecule has 0 aliphatic carbocycles. The lowest BCUT2D eigenvalue weighted by molar-refractivity contribution is -0.0492. The number of nitrogens with one attached hydrogen (secondary N) is 1. The van der Waals surface area contributed by atoms with Crippen molar-refractivity contribution in [1.29, 1.82) is 0 Å². The summed E-state index contributed by atoms with van der Waals surface area (Å²) in [5, 5.41) is 18.3. The number of hydrogen-bond acceptors (Lipinski definition) is 5. The normalized spacial score (nSPS) is 31.8. The van der Waals surface area contributed by atoms with E-state index < -0.39 is 42.5 Å². The first kappa shape index (κ1) is 13.6. The molecule has 0 unspecified atom stereocenters. The van der Waals surface area contributed by atoms with Crippen LogP contribution < -0.4 is 11.2 Å². The molecule has 3 N–H and O–H groups in total. The molecule has 100 valence electrons. The van der Waals surface area contributed by atoms with Crippen LogP contribution in [-0.4, -0.2) is 44.8 Å². The summed E-state index contributed by atoms with van der Waals surface area (Å²) in [5.41, 5.74) is -1.41. The predicted octanol–water partition coefficient (Wildman–Crippen LogP) is -1.27. The predicted molar refractivity (Wildman–Crippen MR) is 65.9 cm³/mol. The quantitative estimate of drug-likeness (QED) is 0.562. The molecule has 2 heterocycles. The summed E-state index contributed by atoms with van der Waals surface area (Å²) in [7, 11) is 0. The van der Waals surface area contributed by atoms with Crippen molar-refractivity contribution in [1.82, 2.24) is 9.55 Å². The Labute approximate surface area is 113 Å². The Morgan fingerprint density at radius 3 is 2.78 bits per heavy atom. The van der Waals surface area contributed by atoms with Crippen molar-refractivity contribution in [3.8, 4) is 0 Å². The molecule has 1 fully saturated rings. The van der Waals surface area contributed by atoms with Gasteiger partial charge in [-0.15, -0.1) is 0 Å². The second kappa shape index (κ2) is 5.07. The Hall–Kier alpha value is -0.780. The molecule has 0 aromatic carbocycles. The van der Waals surface area contributed by atoms with Gasteiger partial charge in [0, 0.05) is 6.20 Å². The van der Waals surface area contributed by atoms with Crippen molar-refractivity contribution >= 4 is 22.6 Å². The van der Waals surface area contributed by atoms with Crippen LogP contribution in [0.4, 0.5) is 4.39 Å². The summed E-state index contributed by atoms with van der Waals surface area (Å²) in [4.78, 5) is 24.7. The van der Waals surface area contributed by atoms with Gasteiger partial charge in [0.2, 0.25) is 0 Å². The topological polar surface area (TPSA) is 105 Å². The molecule has 2 rings (SSSR count). The first-order chi connectivity index (χ1) is 8.45. The van der Waals surface area contributed by atoms with Gasteiger partial charge in [-0.05, 0) is 22.6 Å². The fraction of sp³-hybridized carbons (Fsp3) is 0.556. The summed E-state index contributed by atoms with van der Waals surface area (Å²) in [6, 6.07) is 0. The minimum Gasteiger partial charge on any atom is -0.394 e. The van der Waals surface area contributed by atoms with Crippen LogP contribution in [0, 0.1) is 3.57 Å². The van der Waals surface area contributed by atoms with Gasteiger partial charge in [-0.3, -0.25) is 14.3 Å². The number of ether oxygens (including phenoxy) is 1. The number of halogens is 2. The third kappa shape index (κ3) is 2.22. The summed E-state index contributed by atoms with van der Waals surface area (Å²) >= 11 is 1.69. The van der Waals surface area contributed by atoms with Crippen LogP contribution in [0.1, 0.15) is 6.23 Å². The molecule has 1 aliphatic rings. The van der Waals surface area contributed by atoms with E-state index in [1.165, 1.54) is 0 Å². The van der Waals surface area contributed by atoms with Crippen LogP contribution in [0.15, 0.2) is 15.8 Å². The highest BCUT2D eigenvalue weighted by molar-refractivity contribution is 14.1. The van der Waals surface area contributed by atoms with E-state index in [0.717, 1.165) is 10.8 Å². The zero-order valence-corrected chi connectivity index (χ0v) is 11.1. The maximum absolute atomic E-state index is 13.8. The molecule has 0 spiro atoms. The number of nitrogens with zero attached hydrogens (tertiary/aromatic N) is 1. The van der Waals surface area contributed by atoms with E-state index in [0.29, 0.717) is 0 Å². The average molecular weight is 372 g/mol. The Morgan fingerprint density at radius 2 is 2.22 bits per heavy atom. The maximum atomic E-state index is 13.8. The average Bonchev–Trinajstić information content (AvgIpc) is 2.61. The Balaban J connectivity index is 2.42. The molecule has 18 heavy (non-hydrogen) atoms. The number of aromatic nitrogens is 2. The SMILES string of the molecule is O=c1[nH]c(=O)n([C@H]2O[C@H](CO)[C@@H](O)[C@H]2F)cc1I. The second-order valence-corrected chi connectivity index (χ2v) is 4.99. The molecule has 1 aromatic rings. The van der Waals surface area contributed by atoms with Gasteiger partial charge < -0.3 is 14.9 Å². The van der Waals surface area contributed by atoms with Gasteiger partial charge >= 0.3 is 5.69 Å². The number of H-pyrrole nitrogens is 1. The van der Waals surface area contributed by atoms with Gasteiger partial charge in [0.1, 0.15) is 12.2 Å². The first-order valence-electron chi connectivity index (χ1n) is 5.05. The van der Waals surface area contributed by atoms with E-state index in [9.17, 15) is 19.1 Å². The number of aliphatic hydroxyl groups excluding tert-OH is 2. The van der Waals surface area contributed by atoms with Gasteiger partial charge in [0.25, 0.3) is 5.56 Å². The van der Waals surface area contributed by atoms with Gasteiger partial charge in [-0.2, -0.15) is 0 Å². The molecular weight excluding hydrogens is 362 g/mol. The van der Waals surface area contributed by atoms with Gasteiger partial charge in [0.15, 0.2) is 12.4 Å². The fourth-order valence-electron chi connectivity index (χ4n) is 1.73. The van der Waals surface area contributed by atoms with E-state index in [1.54, 1.807) is 22.6 Å². The second-order valence-electron chi connectivity index (χ2n) is 3.83. The van der Waals surface area contributed by atoms with Crippen LogP contribution in [0.5, 0.6) is 0 Å². The third-order valence-electron chi connectivity index (χ3n) is 2.67. The Bertz CT molecular complexity index is 559. The van der Waals surface area contributed by atoms with Crippen molar-refractivity contribution in [3.05, 3.63) is 30.6 Å². The van der Waals surface area contributed by atoms with Crippen molar-refractivity contribution < 1.29 is 19.3 Å². The highest BCUT2D eigenvalue weighted by atomic mass is 127. The Morgan fingerprint density at radius 1 is 1.56 bits per heavy atom. The van der Waals surface area contributed by atoms with E-state index >= 15 is 0 Å². The molecule has 0 bridgehead atoms. The third-order valence-corrected chi connectivity index (χ3v) is 3.44. The van der Waals surface area contributed by atoms with E-state index in [2.05, 4.69) is 0 Å². The lowest BCUT2D eigenvalue weighted by atomic mass is 10.1. The zero-order chi connectivity index (χ0) is 13.4. The summed E-state index contributed by atoms with van der Waals surface area (Å²) in [5.74, 6) is 0. The van der Waals surface area contributed by atoms with E-state index in [4.69, 9.17) is 9.84 Å². The molecule has 4 atom stereocenters. The van der Waals surface area contributed by atoms with Crippen molar-refractivity contribution in [2.45, 2.75) is 24.6 Å². The van der Waals surface area contributed by atoms with Crippen molar-refractivity contribution in [2.24, 2.45) is 0 Å². The van der Waals surface area contributed by atoms with Crippen molar-refractivity contribution in [3.63, 3.8) is 0 Å². The fourth-order valence-corrected chi connectivity index (χ4v) is 2.16. The number of rotatable bonds is 2. The number of aliphatic hydroxyl groups is 2. The summed E-state index contributed by atoms with van der Waals surface area (Å²) in [6.45, 7) is -0.562. The lowest BCUT2D eigenvalue weighted by Crippen LogP contribution is -2.37. The molecule has 1 aliphatic heterocycles. The standard InChI is InChI=1S/C9H10FIN2O5/c10-5-6(15)4(2-14)18-8(5)13-1-3(11)7(16)12-9(13)17/h1,4-6,8,14-15H,2H2,(H,12,16,17)/t4-,5-,6-,8+/m1/s1. The number of aromatic amines is 1. The molecule has 1 aromatic heterocycles. The van der Waals surface area contributed by atoms with Crippen molar-refractivity contribution in [2.75, 3.05) is 6.61 Å². The Kier molecular flexibility index (Phi) is 3.84. The van der Waals surface area contributed by atoms with Crippen LogP contribution in [-0.2, 0) is 4.74 Å². The first-order valence-corrected chi connectivity index (χ1v) is 6.13. The van der Waals surface area contributed by atoms with Gasteiger partial charge in [0.05, 0.1) is 10.2 Å². The van der Waals surface area contributed by atoms with Crippen LogP contribution in [0.3, 0.4) is 0 Å². The van der Waals surface area contributed by atoms with Gasteiger partial charge in [-0.25, -0.2) is 9.18 Å². The van der Waals surface area contributed by atoms with Crippen LogP contribution in [0.2, 0.25) is 0 Å². The summed E-state index contributed by atoms with van der Waals surface area (Å²) < 4.78 is 19.9. The monoisotopic (exact) mass is 372 g/mol. The van der Waals surface area contributed by atoms with Crippen LogP contribution in [0.25, 0.3) is 0 Å². The van der Waals surface area contributed by atoms with E-state index in [1.807, 2.05) is 4.98 Å². The zero-order valence-electron chi connectivity index (χ0n) is 8.92. The smallest absolute Gasteiger partial charge is 0.330 e. The molecule has 0 saturated carbocycles. The molecule has 0 amide bonds. The minimum absolute atomic E-state index is 0.185. The van der Waals surface area contributed by atoms with Crippen LogP contribution >= 0.6 is 22.6 Å². The molecule has 7 nitrogen and oxygen atoms in total. The van der Waals surface area contributed by atoms with Gasteiger partial charge in [-0.1, -0.05) is 0 Å². The molecule has 9 heteroatoms. The highest BCUT2D eigenvalue weighted by Crippen LogP contribution is 2.30.